The van der Waals surface area contributed by atoms with Crippen LogP contribution < -0.4 is 10.9 Å². The summed E-state index contributed by atoms with van der Waals surface area (Å²) < 4.78 is 0.683. The van der Waals surface area contributed by atoms with E-state index in [1.807, 2.05) is 18.4 Å². The molecule has 0 spiro atoms. The molecule has 1 aromatic carbocycles. The van der Waals surface area contributed by atoms with Gasteiger partial charge < -0.3 is 0 Å². The number of benzene rings is 1. The van der Waals surface area contributed by atoms with Crippen molar-refractivity contribution in [3.63, 3.8) is 0 Å². The number of thiazole rings is 1. The quantitative estimate of drug-likeness (QED) is 0.437. The summed E-state index contributed by atoms with van der Waals surface area (Å²) in [6, 6.07) is 6.05. The molecule has 30 heavy (non-hydrogen) atoms. The lowest BCUT2D eigenvalue weighted by atomic mass is 10.2. The Morgan fingerprint density at radius 2 is 2.00 bits per heavy atom. The molecule has 11 heteroatoms. The van der Waals surface area contributed by atoms with Crippen LogP contribution in [-0.4, -0.2) is 21.7 Å². The van der Waals surface area contributed by atoms with Crippen LogP contribution in [0.3, 0.4) is 0 Å². The van der Waals surface area contributed by atoms with Crippen LogP contribution in [0.1, 0.15) is 42.6 Å². The third-order valence-electron chi connectivity index (χ3n) is 4.47. The van der Waals surface area contributed by atoms with Gasteiger partial charge in [0.25, 0.3) is 17.5 Å². The third-order valence-corrected chi connectivity index (χ3v) is 7.83. The Bertz CT molecular complexity index is 1130. The average molecular weight is 461 g/mol. The van der Waals surface area contributed by atoms with Gasteiger partial charge in [-0.05, 0) is 49.9 Å². The number of aryl methyl sites for hydroxylation is 3. The first-order valence-corrected chi connectivity index (χ1v) is 11.5. The van der Waals surface area contributed by atoms with E-state index in [9.17, 15) is 19.7 Å². The van der Waals surface area contributed by atoms with E-state index in [-0.39, 0.29) is 11.3 Å². The fourth-order valence-electron chi connectivity index (χ4n) is 3.05. The van der Waals surface area contributed by atoms with Crippen LogP contribution in [0.2, 0.25) is 0 Å². The van der Waals surface area contributed by atoms with Crippen LogP contribution in [0.15, 0.2) is 38.9 Å². The van der Waals surface area contributed by atoms with Gasteiger partial charge in [0.2, 0.25) is 0 Å². The Hall–Kier alpha value is -2.76. The molecule has 1 aliphatic carbocycles. The highest BCUT2D eigenvalue weighted by Crippen LogP contribution is 2.36. The van der Waals surface area contributed by atoms with Crippen molar-refractivity contribution in [1.29, 1.82) is 0 Å². The summed E-state index contributed by atoms with van der Waals surface area (Å²) in [6.07, 6.45) is 3.06. The smallest absolute Gasteiger partial charge is 0.267 e. The molecule has 2 aromatic heterocycles. The van der Waals surface area contributed by atoms with Gasteiger partial charge in [-0.1, -0.05) is 11.8 Å². The first kappa shape index (κ1) is 20.5. The maximum absolute atomic E-state index is 12.4. The molecule has 2 heterocycles. The van der Waals surface area contributed by atoms with E-state index in [1.54, 1.807) is 0 Å². The molecule has 2 N–H and O–H groups in total. The minimum absolute atomic E-state index is 0.0790. The van der Waals surface area contributed by atoms with Crippen molar-refractivity contribution in [2.45, 2.75) is 35.4 Å². The second-order valence-corrected chi connectivity index (χ2v) is 9.90. The van der Waals surface area contributed by atoms with Crippen LogP contribution in [0, 0.1) is 17.0 Å². The number of rotatable bonds is 5. The van der Waals surface area contributed by atoms with E-state index in [4.69, 9.17) is 0 Å². The molecule has 2 amide bonds. The normalized spacial score (nSPS) is 12.4. The van der Waals surface area contributed by atoms with Crippen LogP contribution in [0.25, 0.3) is 0 Å². The summed E-state index contributed by atoms with van der Waals surface area (Å²) in [7, 11) is 0. The first-order chi connectivity index (χ1) is 14.4. The molecule has 0 saturated carbocycles. The number of nitrogens with one attached hydrogen (secondary N) is 2. The number of aromatic nitrogens is 1. The van der Waals surface area contributed by atoms with Crippen molar-refractivity contribution in [3.8, 4) is 0 Å². The zero-order valence-corrected chi connectivity index (χ0v) is 18.2. The molecule has 0 unspecified atom stereocenters. The molecule has 4 rings (SSSR count). The van der Waals surface area contributed by atoms with Crippen molar-refractivity contribution in [3.05, 3.63) is 66.3 Å². The molecule has 154 valence electrons. The summed E-state index contributed by atoms with van der Waals surface area (Å²) >= 11 is 4.00. The number of carbonyl (C=O) groups excluding carboxylic acids is 2. The highest BCUT2D eigenvalue weighted by atomic mass is 32.2. The van der Waals surface area contributed by atoms with Crippen molar-refractivity contribution in [2.24, 2.45) is 0 Å². The molecule has 0 atom stereocenters. The number of hydrogen-bond acceptors (Lipinski definition) is 8. The summed E-state index contributed by atoms with van der Waals surface area (Å²) in [4.78, 5) is 42.1. The molecule has 0 aliphatic heterocycles. The van der Waals surface area contributed by atoms with Gasteiger partial charge >= 0.3 is 0 Å². The molecular weight excluding hydrogens is 444 g/mol. The average Bonchev–Trinajstić information content (AvgIpc) is 3.42. The van der Waals surface area contributed by atoms with Gasteiger partial charge in [0.1, 0.15) is 0 Å². The van der Waals surface area contributed by atoms with Gasteiger partial charge in [-0.15, -0.1) is 22.7 Å². The standard InChI is InChI=1S/C19H16N4O4S3/c1-10-9-28-19(20-10)30-15-6-5-12(7-13(15)23(26)27)17(24)21-22-18(25)16-8-11-3-2-4-14(11)29-16/h5-9H,2-4H2,1H3,(H,21,24)(H,22,25). The maximum Gasteiger partial charge on any atom is 0.284 e. The zero-order chi connectivity index (χ0) is 21.3. The first-order valence-electron chi connectivity index (χ1n) is 9.01. The minimum atomic E-state index is -0.628. The van der Waals surface area contributed by atoms with Gasteiger partial charge in [-0.3, -0.25) is 30.6 Å². The van der Waals surface area contributed by atoms with Gasteiger partial charge in [-0.25, -0.2) is 4.98 Å². The van der Waals surface area contributed by atoms with E-state index in [0.717, 1.165) is 25.0 Å². The zero-order valence-electron chi connectivity index (χ0n) is 15.8. The molecule has 0 bridgehead atoms. The van der Waals surface area contributed by atoms with Crippen molar-refractivity contribution in [1.82, 2.24) is 15.8 Å². The second-order valence-electron chi connectivity index (χ2n) is 6.62. The van der Waals surface area contributed by atoms with E-state index >= 15 is 0 Å². The summed E-state index contributed by atoms with van der Waals surface area (Å²) in [5, 5.41) is 13.3. The Morgan fingerprint density at radius 1 is 1.20 bits per heavy atom. The highest BCUT2D eigenvalue weighted by molar-refractivity contribution is 8.01. The van der Waals surface area contributed by atoms with E-state index < -0.39 is 16.7 Å². The van der Waals surface area contributed by atoms with E-state index in [1.165, 1.54) is 63.1 Å². The Balaban J connectivity index is 1.44. The molecule has 8 nitrogen and oxygen atoms in total. The maximum atomic E-state index is 12.4. The minimum Gasteiger partial charge on any atom is -0.267 e. The van der Waals surface area contributed by atoms with Gasteiger partial charge in [0.05, 0.1) is 14.7 Å². The summed E-state index contributed by atoms with van der Waals surface area (Å²) in [5.41, 5.74) is 6.63. The monoisotopic (exact) mass is 460 g/mol. The molecular formula is C19H16N4O4S3. The highest BCUT2D eigenvalue weighted by Gasteiger charge is 2.21. The van der Waals surface area contributed by atoms with Gasteiger partial charge in [0, 0.05) is 27.6 Å². The topological polar surface area (TPSA) is 114 Å². The second kappa shape index (κ2) is 8.54. The third kappa shape index (κ3) is 4.37. The number of nitro groups is 1. The molecule has 0 fully saturated rings. The fraction of sp³-hybridized carbons (Fsp3) is 0.211. The largest absolute Gasteiger partial charge is 0.284 e. The van der Waals surface area contributed by atoms with Crippen molar-refractivity contribution >= 4 is 51.9 Å². The van der Waals surface area contributed by atoms with Crippen molar-refractivity contribution < 1.29 is 14.5 Å². The van der Waals surface area contributed by atoms with Crippen molar-refractivity contribution in [2.75, 3.05) is 0 Å². The number of thiophene rings is 1. The number of hydrogen-bond donors (Lipinski definition) is 2. The summed E-state index contributed by atoms with van der Waals surface area (Å²) in [6.45, 7) is 1.85. The van der Waals surface area contributed by atoms with Gasteiger partial charge in [-0.2, -0.15) is 0 Å². The number of fused-ring (bicyclic) bond motifs is 1. The Kier molecular flexibility index (Phi) is 5.84. The number of hydrazine groups is 1. The molecule has 0 saturated heterocycles. The Labute approximate surface area is 183 Å². The number of nitrogens with zero attached hydrogens (tertiary/aromatic N) is 2. The van der Waals surface area contributed by atoms with Gasteiger partial charge in [0.15, 0.2) is 4.34 Å². The van der Waals surface area contributed by atoms with Crippen LogP contribution >= 0.6 is 34.4 Å². The van der Waals surface area contributed by atoms with Crippen LogP contribution in [0.4, 0.5) is 5.69 Å². The lowest BCUT2D eigenvalue weighted by Crippen LogP contribution is -2.41. The SMILES string of the molecule is Cc1csc(Sc2ccc(C(=O)NNC(=O)c3cc4c(s3)CCC4)cc2[N+](=O)[O-])n1. The predicted molar refractivity (Wildman–Crippen MR) is 115 cm³/mol. The molecule has 3 aromatic rings. The number of carbonyl (C=O) groups is 2. The van der Waals surface area contributed by atoms with E-state index in [2.05, 4.69) is 15.8 Å². The van der Waals surface area contributed by atoms with E-state index in [0.29, 0.717) is 14.1 Å². The lowest BCUT2D eigenvalue weighted by molar-refractivity contribution is -0.387. The lowest BCUT2D eigenvalue weighted by Gasteiger charge is -2.07. The fourth-order valence-corrected chi connectivity index (χ4v) is 6.08. The van der Waals surface area contributed by atoms with Crippen LogP contribution in [-0.2, 0) is 12.8 Å². The summed E-state index contributed by atoms with van der Waals surface area (Å²) in [5.74, 6) is -1.03. The molecule has 1 aliphatic rings. The number of amides is 2. The molecule has 0 radical (unpaired) electrons. The Morgan fingerprint density at radius 3 is 2.70 bits per heavy atom. The predicted octanol–water partition coefficient (Wildman–Crippen LogP) is 4.14. The van der Waals surface area contributed by atoms with Crippen LogP contribution in [0.5, 0.6) is 0 Å². The number of nitro benzene ring substituents is 1.